The Morgan fingerprint density at radius 1 is 1.00 bits per heavy atom. The normalized spacial score (nSPS) is 12.0. The molecule has 0 saturated heterocycles. The number of hydrogen-bond acceptors (Lipinski definition) is 8. The Morgan fingerprint density at radius 2 is 1.79 bits per heavy atom. The molecule has 0 spiro atoms. The number of phenolic OH excluding ortho intramolecular Hbond substituents is 1. The third-order valence-electron chi connectivity index (χ3n) is 5.17. The summed E-state index contributed by atoms with van der Waals surface area (Å²) in [6.07, 6.45) is 3.44. The standard InChI is InChI=1S/C26H37NO7/c1-20(29)34-26-10-9-22(16-23(26)18-28)25(31)17-27-11-4-2-3-5-12-32-13-14-33-19-21-7-6-8-24(30)15-21/h6-10,15-16,25,27-28,30-31H,2-5,11-14,17-19H2,1H3. The Morgan fingerprint density at radius 3 is 2.56 bits per heavy atom. The van der Waals surface area contributed by atoms with Crippen molar-refractivity contribution in [3.8, 4) is 11.5 Å². The first kappa shape index (κ1) is 27.8. The van der Waals surface area contributed by atoms with Gasteiger partial charge in [-0.25, -0.2) is 0 Å². The Bertz CT molecular complexity index is 859. The smallest absolute Gasteiger partial charge is 0.308 e. The molecule has 2 aromatic rings. The maximum Gasteiger partial charge on any atom is 0.308 e. The molecule has 8 heteroatoms. The lowest BCUT2D eigenvalue weighted by Gasteiger charge is -2.15. The van der Waals surface area contributed by atoms with Crippen LogP contribution in [0.4, 0.5) is 0 Å². The lowest BCUT2D eigenvalue weighted by atomic mass is 10.1. The molecule has 188 valence electrons. The number of phenols is 1. The lowest BCUT2D eigenvalue weighted by molar-refractivity contribution is -0.131. The monoisotopic (exact) mass is 475 g/mol. The summed E-state index contributed by atoms with van der Waals surface area (Å²) in [6, 6.07) is 12.0. The fourth-order valence-corrected chi connectivity index (χ4v) is 3.41. The maximum absolute atomic E-state index is 11.1. The minimum absolute atomic E-state index is 0.243. The van der Waals surface area contributed by atoms with Crippen LogP contribution in [-0.2, 0) is 27.5 Å². The molecule has 0 aliphatic rings. The highest BCUT2D eigenvalue weighted by molar-refractivity contribution is 5.69. The van der Waals surface area contributed by atoms with Crippen LogP contribution in [0.1, 0.15) is 55.4 Å². The van der Waals surface area contributed by atoms with E-state index in [0.717, 1.165) is 37.8 Å². The van der Waals surface area contributed by atoms with Crippen molar-refractivity contribution in [2.45, 2.75) is 51.9 Å². The third-order valence-corrected chi connectivity index (χ3v) is 5.17. The summed E-state index contributed by atoms with van der Waals surface area (Å²) in [4.78, 5) is 11.1. The summed E-state index contributed by atoms with van der Waals surface area (Å²) in [6.45, 7) is 4.49. The molecule has 0 bridgehead atoms. The summed E-state index contributed by atoms with van der Waals surface area (Å²) in [7, 11) is 0. The molecule has 8 nitrogen and oxygen atoms in total. The van der Waals surface area contributed by atoms with Gasteiger partial charge in [0.2, 0.25) is 0 Å². The Hall–Kier alpha value is -2.49. The van der Waals surface area contributed by atoms with E-state index in [-0.39, 0.29) is 12.4 Å². The van der Waals surface area contributed by atoms with Gasteiger partial charge in [-0.15, -0.1) is 0 Å². The molecule has 0 aromatic heterocycles. The van der Waals surface area contributed by atoms with Crippen molar-refractivity contribution in [2.24, 2.45) is 0 Å². The number of hydrogen-bond donors (Lipinski definition) is 4. The van der Waals surface area contributed by atoms with E-state index in [1.165, 1.54) is 6.92 Å². The van der Waals surface area contributed by atoms with Crippen LogP contribution >= 0.6 is 0 Å². The number of ether oxygens (including phenoxy) is 3. The van der Waals surface area contributed by atoms with Gasteiger partial charge in [-0.3, -0.25) is 4.79 Å². The number of esters is 1. The number of rotatable bonds is 17. The van der Waals surface area contributed by atoms with Crippen molar-refractivity contribution in [3.05, 3.63) is 59.2 Å². The van der Waals surface area contributed by atoms with Crippen LogP contribution in [0.2, 0.25) is 0 Å². The van der Waals surface area contributed by atoms with Gasteiger partial charge >= 0.3 is 5.97 Å². The zero-order chi connectivity index (χ0) is 24.6. The van der Waals surface area contributed by atoms with E-state index in [2.05, 4.69) is 5.32 Å². The zero-order valence-corrected chi connectivity index (χ0v) is 19.9. The predicted octanol–water partition coefficient (Wildman–Crippen LogP) is 3.23. The fraction of sp³-hybridized carbons (Fsp3) is 0.500. The summed E-state index contributed by atoms with van der Waals surface area (Å²) < 4.78 is 16.2. The number of unbranched alkanes of at least 4 members (excludes halogenated alkanes) is 3. The number of benzene rings is 2. The van der Waals surface area contributed by atoms with E-state index in [0.29, 0.717) is 49.8 Å². The summed E-state index contributed by atoms with van der Waals surface area (Å²) in [5.41, 5.74) is 2.07. The van der Waals surface area contributed by atoms with Gasteiger partial charge < -0.3 is 34.8 Å². The lowest BCUT2D eigenvalue weighted by Crippen LogP contribution is -2.22. The van der Waals surface area contributed by atoms with Crippen molar-refractivity contribution in [1.82, 2.24) is 5.32 Å². The molecule has 1 atom stereocenters. The number of carbonyl (C=O) groups excluding carboxylic acids is 1. The summed E-state index contributed by atoms with van der Waals surface area (Å²) in [5.74, 6) is 0.100. The van der Waals surface area contributed by atoms with E-state index >= 15 is 0 Å². The Balaban J connectivity index is 1.45. The number of aliphatic hydroxyl groups is 2. The molecule has 0 aliphatic carbocycles. The molecular weight excluding hydrogens is 438 g/mol. The predicted molar refractivity (Wildman–Crippen MR) is 129 cm³/mol. The highest BCUT2D eigenvalue weighted by Gasteiger charge is 2.12. The summed E-state index contributed by atoms with van der Waals surface area (Å²) in [5, 5.41) is 32.5. The van der Waals surface area contributed by atoms with Gasteiger partial charge in [0.1, 0.15) is 11.5 Å². The number of aromatic hydroxyl groups is 1. The number of carbonyl (C=O) groups is 1. The molecule has 2 rings (SSSR count). The van der Waals surface area contributed by atoms with Crippen molar-refractivity contribution in [2.75, 3.05) is 32.9 Å². The van der Waals surface area contributed by atoms with Crippen LogP contribution in [0, 0.1) is 0 Å². The average molecular weight is 476 g/mol. The molecule has 0 amide bonds. The van der Waals surface area contributed by atoms with Gasteiger partial charge in [-0.05, 0) is 54.8 Å². The quantitative estimate of drug-likeness (QED) is 0.157. The average Bonchev–Trinajstić information content (AvgIpc) is 2.81. The van der Waals surface area contributed by atoms with Crippen molar-refractivity contribution < 1.29 is 34.3 Å². The van der Waals surface area contributed by atoms with Crippen LogP contribution in [0.5, 0.6) is 11.5 Å². The first-order valence-electron chi connectivity index (χ1n) is 11.7. The maximum atomic E-state index is 11.1. The van der Waals surface area contributed by atoms with Crippen molar-refractivity contribution in [3.63, 3.8) is 0 Å². The molecule has 0 radical (unpaired) electrons. The van der Waals surface area contributed by atoms with Gasteiger partial charge in [0.15, 0.2) is 0 Å². The first-order valence-corrected chi connectivity index (χ1v) is 11.7. The molecule has 0 saturated carbocycles. The number of aliphatic hydroxyl groups excluding tert-OH is 2. The van der Waals surface area contributed by atoms with Crippen LogP contribution < -0.4 is 10.1 Å². The van der Waals surface area contributed by atoms with Crippen LogP contribution in [0.25, 0.3) is 0 Å². The number of nitrogens with one attached hydrogen (secondary N) is 1. The van der Waals surface area contributed by atoms with Crippen LogP contribution in [0.3, 0.4) is 0 Å². The minimum atomic E-state index is -0.708. The van der Waals surface area contributed by atoms with Gasteiger partial charge in [0, 0.05) is 25.6 Å². The van der Waals surface area contributed by atoms with Gasteiger partial charge in [-0.2, -0.15) is 0 Å². The third kappa shape index (κ3) is 11.1. The van der Waals surface area contributed by atoms with Gasteiger partial charge in [0.25, 0.3) is 0 Å². The highest BCUT2D eigenvalue weighted by atomic mass is 16.5. The van der Waals surface area contributed by atoms with Crippen molar-refractivity contribution >= 4 is 5.97 Å². The van der Waals surface area contributed by atoms with Crippen molar-refractivity contribution in [1.29, 1.82) is 0 Å². The van der Waals surface area contributed by atoms with E-state index in [1.807, 2.05) is 6.07 Å². The second-order valence-electron chi connectivity index (χ2n) is 8.09. The highest BCUT2D eigenvalue weighted by Crippen LogP contribution is 2.24. The minimum Gasteiger partial charge on any atom is -0.508 e. The van der Waals surface area contributed by atoms with Gasteiger partial charge in [0.05, 0.1) is 32.5 Å². The molecular formula is C26H37NO7. The van der Waals surface area contributed by atoms with E-state index in [9.17, 15) is 20.1 Å². The zero-order valence-electron chi connectivity index (χ0n) is 19.9. The molecule has 4 N–H and O–H groups in total. The molecule has 2 aromatic carbocycles. The SMILES string of the molecule is CC(=O)Oc1ccc(C(O)CNCCCCCCOCCOCc2cccc(O)c2)cc1CO. The van der Waals surface area contributed by atoms with Crippen LogP contribution in [0.15, 0.2) is 42.5 Å². The molecule has 0 heterocycles. The molecule has 34 heavy (non-hydrogen) atoms. The van der Waals surface area contributed by atoms with Gasteiger partial charge in [-0.1, -0.05) is 31.0 Å². The second kappa shape index (κ2) is 16.2. The molecule has 1 unspecified atom stereocenters. The molecule has 0 fully saturated rings. The Labute approximate surface area is 201 Å². The first-order chi connectivity index (χ1) is 16.5. The Kier molecular flexibility index (Phi) is 13.2. The summed E-state index contributed by atoms with van der Waals surface area (Å²) >= 11 is 0. The largest absolute Gasteiger partial charge is 0.508 e. The van der Waals surface area contributed by atoms with E-state index < -0.39 is 12.1 Å². The van der Waals surface area contributed by atoms with E-state index in [4.69, 9.17) is 14.2 Å². The fourth-order valence-electron chi connectivity index (χ4n) is 3.41. The molecule has 0 aliphatic heterocycles. The topological polar surface area (TPSA) is 117 Å². The van der Waals surface area contributed by atoms with E-state index in [1.54, 1.807) is 36.4 Å². The van der Waals surface area contributed by atoms with Crippen LogP contribution in [-0.4, -0.2) is 54.2 Å². The second-order valence-corrected chi connectivity index (χ2v) is 8.09.